The third kappa shape index (κ3) is 4.29. The maximum Gasteiger partial charge on any atom is 0.253 e. The van der Waals surface area contributed by atoms with Crippen molar-refractivity contribution in [2.45, 2.75) is 31.6 Å². The highest BCUT2D eigenvalue weighted by atomic mass is 16.3. The van der Waals surface area contributed by atoms with E-state index in [1.165, 1.54) is 17.7 Å². The predicted octanol–water partition coefficient (Wildman–Crippen LogP) is 4.80. The van der Waals surface area contributed by atoms with Crippen LogP contribution >= 0.6 is 0 Å². The number of nitrogens with one attached hydrogen (secondary N) is 2. The van der Waals surface area contributed by atoms with Crippen LogP contribution in [0.1, 0.15) is 47.5 Å². The van der Waals surface area contributed by atoms with E-state index in [2.05, 4.69) is 40.6 Å². The van der Waals surface area contributed by atoms with Gasteiger partial charge in [0.05, 0.1) is 5.56 Å². The fourth-order valence-corrected chi connectivity index (χ4v) is 4.24. The van der Waals surface area contributed by atoms with E-state index < -0.39 is 0 Å². The molecule has 2 aromatic carbocycles. The summed E-state index contributed by atoms with van der Waals surface area (Å²) in [6.07, 6.45) is 7.95. The number of aromatic hydroxyl groups is 2. The standard InChI is InChI=1S/C24H26N2O3/c27-22-11-10-19(12-23(22)28)20-14-25-15-21(20)24(29)26-13-16-6-8-18(9-7-16)17-4-2-1-3-5-17/h1-5,10-12,14-16,18,25,27-28H,6-9,13H2,(H,26,29). The summed E-state index contributed by atoms with van der Waals surface area (Å²) in [5, 5.41) is 22.3. The molecule has 150 valence electrons. The van der Waals surface area contributed by atoms with Gasteiger partial charge in [-0.1, -0.05) is 36.4 Å². The molecule has 0 bridgehead atoms. The van der Waals surface area contributed by atoms with Crippen molar-refractivity contribution >= 4 is 5.91 Å². The second kappa shape index (κ2) is 8.43. The fraction of sp³-hybridized carbons (Fsp3) is 0.292. The number of phenolic OH excluding ortho intramolecular Hbond substituents is 2. The van der Waals surface area contributed by atoms with Crippen LogP contribution in [0.5, 0.6) is 11.5 Å². The number of amides is 1. The van der Waals surface area contributed by atoms with Crippen molar-refractivity contribution in [2.24, 2.45) is 5.92 Å². The van der Waals surface area contributed by atoms with E-state index in [0.29, 0.717) is 35.1 Å². The normalized spacial score (nSPS) is 19.0. The monoisotopic (exact) mass is 390 g/mol. The number of aromatic nitrogens is 1. The highest BCUT2D eigenvalue weighted by Crippen LogP contribution is 2.35. The van der Waals surface area contributed by atoms with Gasteiger partial charge >= 0.3 is 0 Å². The molecule has 0 radical (unpaired) electrons. The number of rotatable bonds is 5. The first kappa shape index (κ1) is 19.1. The molecule has 0 unspecified atom stereocenters. The fourth-order valence-electron chi connectivity index (χ4n) is 4.24. The van der Waals surface area contributed by atoms with Crippen LogP contribution in [0.2, 0.25) is 0 Å². The molecular weight excluding hydrogens is 364 g/mol. The van der Waals surface area contributed by atoms with E-state index in [9.17, 15) is 15.0 Å². The average molecular weight is 390 g/mol. The lowest BCUT2D eigenvalue weighted by molar-refractivity contribution is 0.0943. The smallest absolute Gasteiger partial charge is 0.253 e. The van der Waals surface area contributed by atoms with E-state index in [-0.39, 0.29) is 17.4 Å². The molecule has 1 aromatic heterocycles. The van der Waals surface area contributed by atoms with Crippen molar-refractivity contribution < 1.29 is 15.0 Å². The predicted molar refractivity (Wildman–Crippen MR) is 113 cm³/mol. The van der Waals surface area contributed by atoms with E-state index in [1.807, 2.05) is 0 Å². The summed E-state index contributed by atoms with van der Waals surface area (Å²) in [5.74, 6) is 0.617. The topological polar surface area (TPSA) is 85.4 Å². The van der Waals surface area contributed by atoms with Crippen molar-refractivity contribution in [3.63, 3.8) is 0 Å². The SMILES string of the molecule is O=C(NCC1CCC(c2ccccc2)CC1)c1c[nH]cc1-c1ccc(O)c(O)c1. The van der Waals surface area contributed by atoms with Crippen LogP contribution in [-0.4, -0.2) is 27.6 Å². The van der Waals surface area contributed by atoms with Crippen molar-refractivity contribution in [3.8, 4) is 22.6 Å². The molecule has 29 heavy (non-hydrogen) atoms. The molecule has 0 aliphatic heterocycles. The first-order valence-corrected chi connectivity index (χ1v) is 10.1. The summed E-state index contributed by atoms with van der Waals surface area (Å²) >= 11 is 0. The lowest BCUT2D eigenvalue weighted by atomic mass is 9.78. The molecule has 4 N–H and O–H groups in total. The van der Waals surface area contributed by atoms with Gasteiger partial charge in [0.15, 0.2) is 11.5 Å². The van der Waals surface area contributed by atoms with Gasteiger partial charge in [0.2, 0.25) is 0 Å². The lowest BCUT2D eigenvalue weighted by Crippen LogP contribution is -2.31. The van der Waals surface area contributed by atoms with Gasteiger partial charge in [-0.05, 0) is 60.8 Å². The molecule has 0 saturated heterocycles. The Morgan fingerprint density at radius 2 is 1.72 bits per heavy atom. The Hall–Kier alpha value is -3.21. The summed E-state index contributed by atoms with van der Waals surface area (Å²) in [6.45, 7) is 0.672. The van der Waals surface area contributed by atoms with E-state index in [4.69, 9.17) is 0 Å². The first-order chi connectivity index (χ1) is 14.1. The minimum atomic E-state index is -0.203. The average Bonchev–Trinajstić information content (AvgIpc) is 3.25. The molecule has 0 spiro atoms. The molecule has 1 fully saturated rings. The van der Waals surface area contributed by atoms with Crippen molar-refractivity contribution in [1.29, 1.82) is 0 Å². The van der Waals surface area contributed by atoms with Gasteiger partial charge in [-0.3, -0.25) is 4.79 Å². The number of carbonyl (C=O) groups excluding carboxylic acids is 1. The van der Waals surface area contributed by atoms with Crippen LogP contribution in [0.25, 0.3) is 11.1 Å². The van der Waals surface area contributed by atoms with Crippen molar-refractivity contribution in [1.82, 2.24) is 10.3 Å². The lowest BCUT2D eigenvalue weighted by Gasteiger charge is -2.29. The van der Waals surface area contributed by atoms with Crippen LogP contribution in [0.15, 0.2) is 60.9 Å². The third-order valence-electron chi connectivity index (χ3n) is 5.95. The molecule has 5 nitrogen and oxygen atoms in total. The summed E-state index contributed by atoms with van der Waals surface area (Å²) in [4.78, 5) is 15.7. The van der Waals surface area contributed by atoms with Crippen molar-refractivity contribution in [2.75, 3.05) is 6.54 Å². The zero-order valence-corrected chi connectivity index (χ0v) is 16.3. The number of hydrogen-bond donors (Lipinski definition) is 4. The Labute approximate surface area is 170 Å². The van der Waals surface area contributed by atoms with Gasteiger partial charge in [0.25, 0.3) is 5.91 Å². The zero-order chi connectivity index (χ0) is 20.2. The summed E-state index contributed by atoms with van der Waals surface area (Å²) < 4.78 is 0. The molecule has 1 aliphatic carbocycles. The molecule has 1 amide bonds. The minimum absolute atomic E-state index is 0.126. The van der Waals surface area contributed by atoms with Crippen molar-refractivity contribution in [3.05, 3.63) is 72.1 Å². The number of benzene rings is 2. The number of phenols is 2. The minimum Gasteiger partial charge on any atom is -0.504 e. The Bertz CT molecular complexity index is 973. The zero-order valence-electron chi connectivity index (χ0n) is 16.3. The third-order valence-corrected chi connectivity index (χ3v) is 5.95. The number of hydrogen-bond acceptors (Lipinski definition) is 3. The van der Waals surface area contributed by atoms with Gasteiger partial charge < -0.3 is 20.5 Å². The van der Waals surface area contributed by atoms with E-state index in [1.54, 1.807) is 18.5 Å². The molecule has 1 saturated carbocycles. The second-order valence-electron chi connectivity index (χ2n) is 7.82. The van der Waals surface area contributed by atoms with Crippen LogP contribution in [0.4, 0.5) is 0 Å². The molecule has 3 aromatic rings. The van der Waals surface area contributed by atoms with E-state index in [0.717, 1.165) is 25.7 Å². The molecule has 1 aliphatic rings. The number of H-pyrrole nitrogens is 1. The Balaban J connectivity index is 1.34. The summed E-state index contributed by atoms with van der Waals surface area (Å²) in [6, 6.07) is 15.2. The largest absolute Gasteiger partial charge is 0.504 e. The van der Waals surface area contributed by atoms with Gasteiger partial charge in [0, 0.05) is 24.5 Å². The number of aromatic amines is 1. The Kier molecular flexibility index (Phi) is 5.56. The molecule has 4 rings (SSSR count). The van der Waals surface area contributed by atoms with Crippen LogP contribution < -0.4 is 5.32 Å². The summed E-state index contributed by atoms with van der Waals surface area (Å²) in [5.41, 5.74) is 3.33. The van der Waals surface area contributed by atoms with Crippen LogP contribution in [0, 0.1) is 5.92 Å². The molecule has 5 heteroatoms. The highest BCUT2D eigenvalue weighted by Gasteiger charge is 2.23. The van der Waals surface area contributed by atoms with E-state index >= 15 is 0 Å². The Morgan fingerprint density at radius 3 is 2.45 bits per heavy atom. The quantitative estimate of drug-likeness (QED) is 0.472. The summed E-state index contributed by atoms with van der Waals surface area (Å²) in [7, 11) is 0. The van der Waals surface area contributed by atoms with Gasteiger partial charge in [-0.25, -0.2) is 0 Å². The second-order valence-corrected chi connectivity index (χ2v) is 7.82. The maximum atomic E-state index is 12.7. The molecule has 0 atom stereocenters. The van der Waals surface area contributed by atoms with Crippen LogP contribution in [-0.2, 0) is 0 Å². The first-order valence-electron chi connectivity index (χ1n) is 10.1. The Morgan fingerprint density at radius 1 is 0.966 bits per heavy atom. The van der Waals surface area contributed by atoms with Gasteiger partial charge in [0.1, 0.15) is 0 Å². The van der Waals surface area contributed by atoms with Gasteiger partial charge in [-0.15, -0.1) is 0 Å². The number of carbonyl (C=O) groups is 1. The van der Waals surface area contributed by atoms with Gasteiger partial charge in [-0.2, -0.15) is 0 Å². The molecular formula is C24H26N2O3. The maximum absolute atomic E-state index is 12.7. The van der Waals surface area contributed by atoms with Crippen LogP contribution in [0.3, 0.4) is 0 Å². The highest BCUT2D eigenvalue weighted by molar-refractivity contribution is 6.00. The molecule has 1 heterocycles.